The van der Waals surface area contributed by atoms with Crippen molar-refractivity contribution in [2.45, 2.75) is 11.4 Å². The predicted molar refractivity (Wildman–Crippen MR) is 93.1 cm³/mol. The number of amides is 1. The van der Waals surface area contributed by atoms with Crippen molar-refractivity contribution in [1.29, 1.82) is 0 Å². The van der Waals surface area contributed by atoms with Crippen LogP contribution in [0.2, 0.25) is 0 Å². The minimum atomic E-state index is -3.56. The van der Waals surface area contributed by atoms with Gasteiger partial charge in [0.25, 0.3) is 11.6 Å². The van der Waals surface area contributed by atoms with E-state index < -0.39 is 20.9 Å². The Kier molecular flexibility index (Phi) is 6.26. The third-order valence-corrected chi connectivity index (χ3v) is 4.78. The van der Waals surface area contributed by atoms with E-state index in [1.165, 1.54) is 43.4 Å². The first-order valence-corrected chi connectivity index (χ1v) is 8.96. The lowest BCUT2D eigenvalue weighted by Crippen LogP contribution is -2.28. The number of hydrogen-bond acceptors (Lipinski definition) is 6. The van der Waals surface area contributed by atoms with Crippen LogP contribution >= 0.6 is 0 Å². The first-order valence-electron chi connectivity index (χ1n) is 7.48. The molecule has 10 heteroatoms. The number of carbonyl (C=O) groups excluding carboxylic acids is 1. The van der Waals surface area contributed by atoms with Gasteiger partial charge in [0.05, 0.1) is 15.9 Å². The highest BCUT2D eigenvalue weighted by Crippen LogP contribution is 2.18. The van der Waals surface area contributed by atoms with E-state index in [0.717, 1.165) is 0 Å². The number of nitrogens with zero attached hydrogens (tertiary/aromatic N) is 1. The zero-order valence-corrected chi connectivity index (χ0v) is 14.7. The summed E-state index contributed by atoms with van der Waals surface area (Å²) < 4.78 is 31.0. The minimum Gasteiger partial charge on any atom is -0.484 e. The Morgan fingerprint density at radius 1 is 1.19 bits per heavy atom. The van der Waals surface area contributed by atoms with Gasteiger partial charge in [0, 0.05) is 12.6 Å². The topological polar surface area (TPSA) is 128 Å². The van der Waals surface area contributed by atoms with Crippen molar-refractivity contribution in [3.8, 4) is 5.75 Å². The fourth-order valence-corrected chi connectivity index (χ4v) is 2.83. The molecule has 0 saturated carbocycles. The van der Waals surface area contributed by atoms with Crippen LogP contribution in [0, 0.1) is 10.1 Å². The van der Waals surface area contributed by atoms with Crippen LogP contribution in [0.1, 0.15) is 5.56 Å². The van der Waals surface area contributed by atoms with Crippen molar-refractivity contribution in [2.75, 3.05) is 13.7 Å². The van der Waals surface area contributed by atoms with E-state index >= 15 is 0 Å². The molecule has 26 heavy (non-hydrogen) atoms. The van der Waals surface area contributed by atoms with Crippen LogP contribution in [-0.4, -0.2) is 32.9 Å². The van der Waals surface area contributed by atoms with Crippen molar-refractivity contribution in [3.63, 3.8) is 0 Å². The van der Waals surface area contributed by atoms with Gasteiger partial charge < -0.3 is 10.1 Å². The Labute approximate surface area is 150 Å². The fourth-order valence-electron chi connectivity index (χ4n) is 2.03. The largest absolute Gasteiger partial charge is 0.484 e. The van der Waals surface area contributed by atoms with E-state index in [1.807, 2.05) is 0 Å². The van der Waals surface area contributed by atoms with Gasteiger partial charge in [0.1, 0.15) is 5.75 Å². The summed E-state index contributed by atoms with van der Waals surface area (Å²) in [5.41, 5.74) is 0.468. The maximum absolute atomic E-state index is 11.8. The van der Waals surface area contributed by atoms with Crippen LogP contribution in [-0.2, 0) is 21.4 Å². The number of nitro benzene ring substituents is 1. The number of non-ortho nitro benzene ring substituents is 1. The Morgan fingerprint density at radius 3 is 2.62 bits per heavy atom. The van der Waals surface area contributed by atoms with Crippen molar-refractivity contribution < 1.29 is 22.9 Å². The van der Waals surface area contributed by atoms with Gasteiger partial charge in [-0.25, -0.2) is 13.1 Å². The molecule has 2 rings (SSSR count). The number of carbonyl (C=O) groups is 1. The number of benzene rings is 2. The maximum atomic E-state index is 11.8. The van der Waals surface area contributed by atoms with E-state index in [-0.39, 0.29) is 29.5 Å². The van der Waals surface area contributed by atoms with Gasteiger partial charge in [-0.15, -0.1) is 0 Å². The molecule has 0 heterocycles. The van der Waals surface area contributed by atoms with Crippen LogP contribution in [0.5, 0.6) is 5.75 Å². The first-order chi connectivity index (χ1) is 12.3. The molecule has 0 aliphatic carbocycles. The second-order valence-corrected chi connectivity index (χ2v) is 7.06. The summed E-state index contributed by atoms with van der Waals surface area (Å²) >= 11 is 0. The molecule has 0 aliphatic rings. The van der Waals surface area contributed by atoms with E-state index in [0.29, 0.717) is 5.56 Å². The molecule has 1 amide bonds. The lowest BCUT2D eigenvalue weighted by Gasteiger charge is -2.09. The highest BCUT2D eigenvalue weighted by atomic mass is 32.2. The lowest BCUT2D eigenvalue weighted by molar-refractivity contribution is -0.384. The summed E-state index contributed by atoms with van der Waals surface area (Å²) in [6.45, 7) is -0.208. The first kappa shape index (κ1) is 19.3. The minimum absolute atomic E-state index is 0.0968. The van der Waals surface area contributed by atoms with Gasteiger partial charge >= 0.3 is 0 Å². The molecule has 0 atom stereocenters. The Balaban J connectivity index is 1.90. The van der Waals surface area contributed by atoms with E-state index in [4.69, 9.17) is 4.74 Å². The molecule has 138 valence electrons. The van der Waals surface area contributed by atoms with Crippen molar-refractivity contribution in [2.24, 2.45) is 0 Å². The third kappa shape index (κ3) is 5.26. The number of ether oxygens (including phenoxy) is 1. The molecule has 9 nitrogen and oxygen atoms in total. The number of hydrogen-bond donors (Lipinski definition) is 2. The molecule has 2 N–H and O–H groups in total. The summed E-state index contributed by atoms with van der Waals surface area (Å²) in [6, 6.07) is 11.7. The second kappa shape index (κ2) is 8.41. The van der Waals surface area contributed by atoms with Gasteiger partial charge in [-0.05, 0) is 30.8 Å². The lowest BCUT2D eigenvalue weighted by atomic mass is 10.2. The molecule has 0 saturated heterocycles. The molecule has 0 radical (unpaired) electrons. The van der Waals surface area contributed by atoms with Gasteiger partial charge in [-0.2, -0.15) is 0 Å². The van der Waals surface area contributed by atoms with E-state index in [2.05, 4.69) is 10.0 Å². The second-order valence-electron chi connectivity index (χ2n) is 5.17. The fraction of sp³-hybridized carbons (Fsp3) is 0.188. The van der Waals surface area contributed by atoms with Gasteiger partial charge in [0.2, 0.25) is 10.0 Å². The summed E-state index contributed by atoms with van der Waals surface area (Å²) in [5, 5.41) is 13.3. The molecular formula is C16H17N3O6S. The molecule has 0 fully saturated rings. The van der Waals surface area contributed by atoms with Crippen molar-refractivity contribution >= 4 is 21.6 Å². The van der Waals surface area contributed by atoms with Gasteiger partial charge in [-0.1, -0.05) is 18.2 Å². The molecule has 2 aromatic rings. The standard InChI is InChI=1S/C16H17N3O6S/c1-17-26(23,24)15-7-2-4-12(8-15)10-18-16(20)11-25-14-6-3-5-13(9-14)19(21)22/h2-9,17H,10-11H2,1H3,(H,18,20). The predicted octanol–water partition coefficient (Wildman–Crippen LogP) is 1.20. The maximum Gasteiger partial charge on any atom is 0.273 e. The van der Waals surface area contributed by atoms with Crippen LogP contribution in [0.15, 0.2) is 53.4 Å². The average Bonchev–Trinajstić information content (AvgIpc) is 2.65. The molecule has 0 aromatic heterocycles. The third-order valence-electron chi connectivity index (χ3n) is 3.37. The normalized spacial score (nSPS) is 11.0. The number of sulfonamides is 1. The monoisotopic (exact) mass is 379 g/mol. The summed E-state index contributed by atoms with van der Waals surface area (Å²) in [6.07, 6.45) is 0. The molecule has 0 aliphatic heterocycles. The van der Waals surface area contributed by atoms with Crippen LogP contribution < -0.4 is 14.8 Å². The Hall–Kier alpha value is -2.98. The average molecular weight is 379 g/mol. The SMILES string of the molecule is CNS(=O)(=O)c1cccc(CNC(=O)COc2cccc([N+](=O)[O-])c2)c1. The van der Waals surface area contributed by atoms with Crippen molar-refractivity contribution in [3.05, 3.63) is 64.2 Å². The van der Waals surface area contributed by atoms with Crippen LogP contribution in [0.4, 0.5) is 5.69 Å². The van der Waals surface area contributed by atoms with Crippen LogP contribution in [0.25, 0.3) is 0 Å². The molecule has 0 bridgehead atoms. The molecular weight excluding hydrogens is 362 g/mol. The number of rotatable bonds is 8. The van der Waals surface area contributed by atoms with Crippen LogP contribution in [0.3, 0.4) is 0 Å². The number of nitro groups is 1. The smallest absolute Gasteiger partial charge is 0.273 e. The summed E-state index contributed by atoms with van der Waals surface area (Å²) in [5.74, 6) is -0.241. The number of nitrogens with one attached hydrogen (secondary N) is 2. The summed E-state index contributed by atoms with van der Waals surface area (Å²) in [4.78, 5) is 22.1. The molecule has 2 aromatic carbocycles. The highest BCUT2D eigenvalue weighted by Gasteiger charge is 2.12. The van der Waals surface area contributed by atoms with Gasteiger partial charge in [0.15, 0.2) is 6.61 Å². The van der Waals surface area contributed by atoms with Gasteiger partial charge in [-0.3, -0.25) is 14.9 Å². The Bertz CT molecular complexity index is 914. The Morgan fingerprint density at radius 2 is 1.92 bits per heavy atom. The molecule has 0 unspecified atom stereocenters. The molecule has 0 spiro atoms. The van der Waals surface area contributed by atoms with E-state index in [9.17, 15) is 23.3 Å². The summed E-state index contributed by atoms with van der Waals surface area (Å²) in [7, 11) is -2.24. The highest BCUT2D eigenvalue weighted by molar-refractivity contribution is 7.89. The quantitative estimate of drug-likeness (QED) is 0.524. The zero-order valence-electron chi connectivity index (χ0n) is 13.8. The van der Waals surface area contributed by atoms with Crippen molar-refractivity contribution in [1.82, 2.24) is 10.0 Å². The zero-order chi connectivity index (χ0) is 19.2. The van der Waals surface area contributed by atoms with E-state index in [1.54, 1.807) is 12.1 Å².